The number of nitrogens with one attached hydrogen (secondary N) is 3. The first-order valence-electron chi connectivity index (χ1n) is 8.86. The van der Waals surface area contributed by atoms with Crippen LogP contribution in [0.4, 0.5) is 10.5 Å². The average molecular weight is 413 g/mol. The van der Waals surface area contributed by atoms with Crippen molar-refractivity contribution in [3.8, 4) is 0 Å². The largest absolute Gasteiger partial charge is 0.463 e. The third-order valence-corrected chi connectivity index (χ3v) is 4.83. The van der Waals surface area contributed by atoms with Crippen molar-refractivity contribution in [1.82, 2.24) is 10.6 Å². The number of urea groups is 1. The maximum absolute atomic E-state index is 12.6. The number of fused-ring (bicyclic) bond motifs is 1. The molecule has 2 atom stereocenters. The van der Waals surface area contributed by atoms with Gasteiger partial charge in [-0.3, -0.25) is 9.59 Å². The third kappa shape index (κ3) is 4.17. The van der Waals surface area contributed by atoms with Crippen molar-refractivity contribution in [2.45, 2.75) is 18.5 Å². The van der Waals surface area contributed by atoms with Crippen LogP contribution in [0.15, 0.2) is 53.1 Å². The van der Waals surface area contributed by atoms with Crippen molar-refractivity contribution < 1.29 is 18.8 Å². The van der Waals surface area contributed by atoms with Gasteiger partial charge in [0.1, 0.15) is 11.8 Å². The van der Waals surface area contributed by atoms with E-state index >= 15 is 0 Å². The van der Waals surface area contributed by atoms with E-state index in [2.05, 4.69) is 16.0 Å². The minimum atomic E-state index is -0.708. The highest BCUT2D eigenvalue weighted by Crippen LogP contribution is 2.27. The summed E-state index contributed by atoms with van der Waals surface area (Å²) >= 11 is 6.00. The molecule has 4 rings (SSSR count). The van der Waals surface area contributed by atoms with E-state index in [0.717, 1.165) is 0 Å². The molecule has 1 aliphatic carbocycles. The molecule has 0 unspecified atom stereocenters. The molecule has 0 radical (unpaired) electrons. The van der Waals surface area contributed by atoms with E-state index in [1.807, 2.05) is 0 Å². The molecule has 2 aromatic carbocycles. The summed E-state index contributed by atoms with van der Waals surface area (Å²) in [4.78, 5) is 35.9. The van der Waals surface area contributed by atoms with E-state index in [9.17, 15) is 14.4 Å². The van der Waals surface area contributed by atoms with Crippen molar-refractivity contribution in [3.63, 3.8) is 0 Å². The van der Waals surface area contributed by atoms with Gasteiger partial charge in [-0.15, -0.1) is 0 Å². The van der Waals surface area contributed by atoms with Crippen LogP contribution in [0.2, 0.25) is 5.02 Å². The molecule has 1 saturated carbocycles. The number of nitrogens with two attached hydrogens (primary N) is 1. The summed E-state index contributed by atoms with van der Waals surface area (Å²) in [7, 11) is 0. The van der Waals surface area contributed by atoms with Crippen LogP contribution in [0.25, 0.3) is 11.0 Å². The molecule has 0 saturated heterocycles. The van der Waals surface area contributed by atoms with Gasteiger partial charge in [0.15, 0.2) is 0 Å². The minimum absolute atomic E-state index is 0.178. The van der Waals surface area contributed by atoms with Crippen LogP contribution in [0.3, 0.4) is 0 Å². The fraction of sp³-hybridized carbons (Fsp3) is 0.150. The molecule has 1 fully saturated rings. The van der Waals surface area contributed by atoms with E-state index in [4.69, 9.17) is 21.8 Å². The summed E-state index contributed by atoms with van der Waals surface area (Å²) in [6.07, 6.45) is 2.01. The Morgan fingerprint density at radius 2 is 1.79 bits per heavy atom. The van der Waals surface area contributed by atoms with Crippen LogP contribution in [0.1, 0.15) is 27.1 Å². The number of primary amides is 1. The van der Waals surface area contributed by atoms with E-state index in [-0.39, 0.29) is 23.9 Å². The second kappa shape index (κ2) is 7.48. The smallest absolute Gasteiger partial charge is 0.316 e. The van der Waals surface area contributed by atoms with Gasteiger partial charge in [-0.1, -0.05) is 17.7 Å². The lowest BCUT2D eigenvalue weighted by atomic mass is 10.1. The summed E-state index contributed by atoms with van der Waals surface area (Å²) in [5.41, 5.74) is 6.86. The van der Waals surface area contributed by atoms with Crippen LogP contribution >= 0.6 is 11.6 Å². The van der Waals surface area contributed by atoms with Crippen LogP contribution in [0, 0.1) is 0 Å². The Kier molecular flexibility index (Phi) is 4.85. The Morgan fingerprint density at radius 3 is 2.55 bits per heavy atom. The first-order valence-corrected chi connectivity index (χ1v) is 9.23. The van der Waals surface area contributed by atoms with Gasteiger partial charge >= 0.3 is 6.03 Å². The monoisotopic (exact) mass is 412 g/mol. The highest BCUT2D eigenvalue weighted by molar-refractivity contribution is 6.31. The lowest BCUT2D eigenvalue weighted by Gasteiger charge is -2.08. The molecule has 9 heteroatoms. The van der Waals surface area contributed by atoms with Crippen molar-refractivity contribution in [3.05, 3.63) is 64.9 Å². The summed E-state index contributed by atoms with van der Waals surface area (Å²) in [5.74, 6) is -0.596. The fourth-order valence-corrected chi connectivity index (χ4v) is 3.24. The number of hydrogen-bond acceptors (Lipinski definition) is 4. The number of halogens is 1. The SMILES string of the molecule is NC(=O)Nc1cccc(C(=O)N[C@H]2C[C@@H]2NC(=O)c2coc3ccc(Cl)cc23)c1. The quantitative estimate of drug-likeness (QED) is 0.513. The topological polar surface area (TPSA) is 126 Å². The summed E-state index contributed by atoms with van der Waals surface area (Å²) < 4.78 is 5.39. The second-order valence-electron chi connectivity index (χ2n) is 6.76. The molecule has 29 heavy (non-hydrogen) atoms. The first kappa shape index (κ1) is 18.8. The van der Waals surface area contributed by atoms with E-state index in [1.165, 1.54) is 12.3 Å². The predicted molar refractivity (Wildman–Crippen MR) is 108 cm³/mol. The molecule has 0 bridgehead atoms. The van der Waals surface area contributed by atoms with Crippen LogP contribution < -0.4 is 21.7 Å². The molecule has 148 valence electrons. The normalized spacial score (nSPS) is 17.6. The number of furan rings is 1. The summed E-state index contributed by atoms with van der Waals surface area (Å²) in [6.45, 7) is 0. The number of rotatable bonds is 5. The van der Waals surface area contributed by atoms with Crippen molar-refractivity contribution in [1.29, 1.82) is 0 Å². The highest BCUT2D eigenvalue weighted by Gasteiger charge is 2.40. The average Bonchev–Trinajstić information content (AvgIpc) is 3.24. The predicted octanol–water partition coefficient (Wildman–Crippen LogP) is 2.88. The van der Waals surface area contributed by atoms with Gasteiger partial charge < -0.3 is 26.1 Å². The Bertz CT molecular complexity index is 1130. The molecule has 8 nitrogen and oxygen atoms in total. The Morgan fingerprint density at radius 1 is 1.03 bits per heavy atom. The van der Waals surface area contributed by atoms with Gasteiger partial charge in [-0.2, -0.15) is 0 Å². The molecule has 4 amide bonds. The molecular formula is C20H17ClN4O4. The Hall–Kier alpha value is -3.52. The van der Waals surface area contributed by atoms with Gasteiger partial charge in [-0.25, -0.2) is 4.79 Å². The molecule has 0 aliphatic heterocycles. The highest BCUT2D eigenvalue weighted by atomic mass is 35.5. The second-order valence-corrected chi connectivity index (χ2v) is 7.19. The first-order chi connectivity index (χ1) is 13.9. The molecular weight excluding hydrogens is 396 g/mol. The Labute approximate surface area is 170 Å². The van der Waals surface area contributed by atoms with Gasteiger partial charge in [0.2, 0.25) is 0 Å². The van der Waals surface area contributed by atoms with E-state index in [1.54, 1.807) is 36.4 Å². The zero-order valence-electron chi connectivity index (χ0n) is 15.1. The van der Waals surface area contributed by atoms with Gasteiger partial charge in [0.25, 0.3) is 11.8 Å². The minimum Gasteiger partial charge on any atom is -0.463 e. The fourth-order valence-electron chi connectivity index (χ4n) is 3.07. The lowest BCUT2D eigenvalue weighted by molar-refractivity contribution is 0.0927. The van der Waals surface area contributed by atoms with Crippen molar-refractivity contribution in [2.24, 2.45) is 5.73 Å². The van der Waals surface area contributed by atoms with E-state index in [0.29, 0.717) is 39.2 Å². The van der Waals surface area contributed by atoms with Crippen molar-refractivity contribution in [2.75, 3.05) is 5.32 Å². The van der Waals surface area contributed by atoms with Crippen LogP contribution in [-0.2, 0) is 0 Å². The van der Waals surface area contributed by atoms with Gasteiger partial charge in [0, 0.05) is 21.7 Å². The molecule has 0 spiro atoms. The van der Waals surface area contributed by atoms with E-state index < -0.39 is 6.03 Å². The van der Waals surface area contributed by atoms with Gasteiger partial charge in [-0.05, 0) is 42.8 Å². The zero-order valence-corrected chi connectivity index (χ0v) is 15.8. The van der Waals surface area contributed by atoms with Crippen LogP contribution in [-0.4, -0.2) is 29.9 Å². The molecule has 5 N–H and O–H groups in total. The zero-order chi connectivity index (χ0) is 20.5. The molecule has 1 heterocycles. The number of carbonyl (C=O) groups is 3. The number of carbonyl (C=O) groups excluding carboxylic acids is 3. The summed E-state index contributed by atoms with van der Waals surface area (Å²) in [6, 6.07) is 10.4. The van der Waals surface area contributed by atoms with Gasteiger partial charge in [0.05, 0.1) is 17.6 Å². The third-order valence-electron chi connectivity index (χ3n) is 4.60. The standard InChI is InChI=1S/C20H17ClN4O4/c21-11-4-5-17-13(7-11)14(9-29-17)19(27)25-16-8-15(16)24-18(26)10-2-1-3-12(6-10)23-20(22)28/h1-7,9,15-16H,8H2,(H,24,26)(H,25,27)(H3,22,23,28)/t15-,16-/m0/s1. The number of benzene rings is 2. The lowest BCUT2D eigenvalue weighted by Crippen LogP contribution is -2.34. The summed E-state index contributed by atoms with van der Waals surface area (Å²) in [5, 5.41) is 9.31. The number of hydrogen-bond donors (Lipinski definition) is 4. The number of anilines is 1. The maximum atomic E-state index is 12.6. The number of amides is 4. The Balaban J connectivity index is 1.36. The van der Waals surface area contributed by atoms with Crippen LogP contribution in [0.5, 0.6) is 0 Å². The molecule has 3 aromatic rings. The van der Waals surface area contributed by atoms with Crippen molar-refractivity contribution >= 4 is 46.1 Å². The molecule has 1 aliphatic rings. The molecule has 1 aromatic heterocycles. The maximum Gasteiger partial charge on any atom is 0.316 e.